The van der Waals surface area contributed by atoms with Gasteiger partial charge in [-0.15, -0.1) is 10.2 Å². The third kappa shape index (κ3) is 4.39. The van der Waals surface area contributed by atoms with E-state index in [0.717, 1.165) is 9.63 Å². The number of aromatic nitrogens is 3. The van der Waals surface area contributed by atoms with Gasteiger partial charge in [-0.2, -0.15) is 0 Å². The standard InChI is InChI=1S/C14H16BrN3O2S/c1-10(13(19)11-3-5-12(15)6-4-11)21-14-17-16-9-18(14)7-8-20-2/h3-6,9-10H,7-8H2,1-2H3. The number of benzene rings is 1. The van der Waals surface area contributed by atoms with Crippen molar-refractivity contribution in [1.29, 1.82) is 0 Å². The van der Waals surface area contributed by atoms with E-state index in [4.69, 9.17) is 4.74 Å². The summed E-state index contributed by atoms with van der Waals surface area (Å²) in [7, 11) is 1.65. The Bertz CT molecular complexity index is 601. The van der Waals surface area contributed by atoms with Crippen LogP contribution < -0.4 is 0 Å². The summed E-state index contributed by atoms with van der Waals surface area (Å²) >= 11 is 4.77. The van der Waals surface area contributed by atoms with Gasteiger partial charge in [0.2, 0.25) is 0 Å². The van der Waals surface area contributed by atoms with Gasteiger partial charge in [-0.3, -0.25) is 4.79 Å². The van der Waals surface area contributed by atoms with Gasteiger partial charge in [0, 0.05) is 23.7 Å². The highest BCUT2D eigenvalue weighted by Crippen LogP contribution is 2.24. The summed E-state index contributed by atoms with van der Waals surface area (Å²) in [5.41, 5.74) is 0.696. The Morgan fingerprint density at radius 2 is 2.14 bits per heavy atom. The lowest BCUT2D eigenvalue weighted by Gasteiger charge is -2.11. The fraction of sp³-hybridized carbons (Fsp3) is 0.357. The first kappa shape index (κ1) is 16.2. The number of ether oxygens (including phenoxy) is 1. The van der Waals surface area contributed by atoms with E-state index in [-0.39, 0.29) is 11.0 Å². The molecule has 0 aliphatic carbocycles. The molecule has 7 heteroatoms. The second-order valence-corrected chi connectivity index (χ2v) is 6.65. The van der Waals surface area contributed by atoms with Crippen molar-refractivity contribution in [3.63, 3.8) is 0 Å². The molecule has 0 saturated carbocycles. The summed E-state index contributed by atoms with van der Waals surface area (Å²) in [4.78, 5) is 12.4. The molecule has 1 unspecified atom stereocenters. The van der Waals surface area contributed by atoms with E-state index in [2.05, 4.69) is 26.1 Å². The van der Waals surface area contributed by atoms with E-state index >= 15 is 0 Å². The average molecular weight is 370 g/mol. The third-order valence-corrected chi connectivity index (χ3v) is 4.52. The highest BCUT2D eigenvalue weighted by atomic mass is 79.9. The van der Waals surface area contributed by atoms with Crippen molar-refractivity contribution in [1.82, 2.24) is 14.8 Å². The van der Waals surface area contributed by atoms with Crippen molar-refractivity contribution >= 4 is 33.5 Å². The second kappa shape index (κ2) is 7.72. The molecule has 2 aromatic rings. The lowest BCUT2D eigenvalue weighted by molar-refractivity contribution is 0.0994. The molecule has 0 radical (unpaired) electrons. The van der Waals surface area contributed by atoms with Crippen LogP contribution in [0.15, 0.2) is 40.2 Å². The van der Waals surface area contributed by atoms with Crippen LogP contribution in [0.4, 0.5) is 0 Å². The maximum Gasteiger partial charge on any atom is 0.191 e. The highest BCUT2D eigenvalue weighted by molar-refractivity contribution is 9.10. The van der Waals surface area contributed by atoms with E-state index < -0.39 is 0 Å². The van der Waals surface area contributed by atoms with Gasteiger partial charge in [0.1, 0.15) is 6.33 Å². The molecular weight excluding hydrogens is 354 g/mol. The minimum atomic E-state index is -0.225. The number of methoxy groups -OCH3 is 1. The van der Waals surface area contributed by atoms with Crippen LogP contribution in [0, 0.1) is 0 Å². The van der Waals surface area contributed by atoms with Crippen molar-refractivity contribution in [2.75, 3.05) is 13.7 Å². The van der Waals surface area contributed by atoms with Gasteiger partial charge < -0.3 is 9.30 Å². The van der Waals surface area contributed by atoms with Crippen molar-refractivity contribution in [3.05, 3.63) is 40.6 Å². The fourth-order valence-electron chi connectivity index (χ4n) is 1.74. The predicted octanol–water partition coefficient (Wildman–Crippen LogP) is 3.05. The number of halogens is 1. The maximum atomic E-state index is 12.4. The van der Waals surface area contributed by atoms with Crippen LogP contribution in [-0.2, 0) is 11.3 Å². The van der Waals surface area contributed by atoms with E-state index in [0.29, 0.717) is 18.7 Å². The minimum Gasteiger partial charge on any atom is -0.383 e. The molecule has 0 amide bonds. The van der Waals surface area contributed by atoms with Crippen LogP contribution in [-0.4, -0.2) is 39.5 Å². The van der Waals surface area contributed by atoms with E-state index in [1.165, 1.54) is 11.8 Å². The summed E-state index contributed by atoms with van der Waals surface area (Å²) in [6.07, 6.45) is 1.65. The molecule has 0 aliphatic heterocycles. The monoisotopic (exact) mass is 369 g/mol. The van der Waals surface area contributed by atoms with Gasteiger partial charge in [0.05, 0.1) is 11.9 Å². The first-order valence-corrected chi connectivity index (χ1v) is 8.12. The number of carbonyl (C=O) groups excluding carboxylic acids is 1. The SMILES string of the molecule is COCCn1cnnc1SC(C)C(=O)c1ccc(Br)cc1. The summed E-state index contributed by atoms with van der Waals surface area (Å²) in [6, 6.07) is 7.37. The molecule has 0 aliphatic rings. The Labute approximate surface area is 136 Å². The third-order valence-electron chi connectivity index (χ3n) is 2.90. The van der Waals surface area contributed by atoms with Gasteiger partial charge in [-0.1, -0.05) is 39.8 Å². The number of hydrogen-bond donors (Lipinski definition) is 0. The maximum absolute atomic E-state index is 12.4. The van der Waals surface area contributed by atoms with Gasteiger partial charge >= 0.3 is 0 Å². The van der Waals surface area contributed by atoms with Crippen LogP contribution >= 0.6 is 27.7 Å². The summed E-state index contributed by atoms with van der Waals surface area (Å²) in [6.45, 7) is 3.13. The van der Waals surface area contributed by atoms with Crippen molar-refractivity contribution in [3.8, 4) is 0 Å². The number of ketones is 1. The summed E-state index contributed by atoms with van der Waals surface area (Å²) in [5, 5.41) is 8.45. The topological polar surface area (TPSA) is 57.0 Å². The predicted molar refractivity (Wildman–Crippen MR) is 85.7 cm³/mol. The number of hydrogen-bond acceptors (Lipinski definition) is 5. The molecule has 1 aromatic heterocycles. The van der Waals surface area contributed by atoms with Gasteiger partial charge in [-0.05, 0) is 19.1 Å². The van der Waals surface area contributed by atoms with E-state index in [1.807, 2.05) is 35.8 Å². The Morgan fingerprint density at radius 1 is 1.43 bits per heavy atom. The second-order valence-electron chi connectivity index (χ2n) is 4.43. The zero-order chi connectivity index (χ0) is 15.2. The number of nitrogens with zero attached hydrogens (tertiary/aromatic N) is 3. The molecule has 2 rings (SSSR count). The molecule has 1 heterocycles. The molecule has 21 heavy (non-hydrogen) atoms. The zero-order valence-corrected chi connectivity index (χ0v) is 14.2. The van der Waals surface area contributed by atoms with Crippen molar-refractivity contribution in [2.45, 2.75) is 23.9 Å². The van der Waals surface area contributed by atoms with Crippen LogP contribution in [0.25, 0.3) is 0 Å². The van der Waals surface area contributed by atoms with E-state index in [1.54, 1.807) is 13.4 Å². The zero-order valence-electron chi connectivity index (χ0n) is 11.8. The molecule has 0 spiro atoms. The largest absolute Gasteiger partial charge is 0.383 e. The van der Waals surface area contributed by atoms with Crippen LogP contribution in [0.3, 0.4) is 0 Å². The van der Waals surface area contributed by atoms with Gasteiger partial charge in [0.15, 0.2) is 10.9 Å². The number of thioether (sulfide) groups is 1. The van der Waals surface area contributed by atoms with Crippen LogP contribution in [0.5, 0.6) is 0 Å². The Kier molecular flexibility index (Phi) is 5.96. The van der Waals surface area contributed by atoms with Gasteiger partial charge in [-0.25, -0.2) is 0 Å². The quantitative estimate of drug-likeness (QED) is 0.554. The average Bonchev–Trinajstić information content (AvgIpc) is 2.92. The smallest absolute Gasteiger partial charge is 0.191 e. The molecule has 5 nitrogen and oxygen atoms in total. The fourth-order valence-corrected chi connectivity index (χ4v) is 2.93. The first-order chi connectivity index (χ1) is 10.1. The first-order valence-electron chi connectivity index (χ1n) is 6.45. The summed E-state index contributed by atoms with van der Waals surface area (Å²) < 4.78 is 7.89. The van der Waals surface area contributed by atoms with E-state index in [9.17, 15) is 4.79 Å². The number of rotatable bonds is 7. The van der Waals surface area contributed by atoms with Crippen LogP contribution in [0.2, 0.25) is 0 Å². The molecule has 0 N–H and O–H groups in total. The molecule has 1 aromatic carbocycles. The lowest BCUT2D eigenvalue weighted by Crippen LogP contribution is -2.15. The minimum absolute atomic E-state index is 0.0776. The molecular formula is C14H16BrN3O2S. The Balaban J connectivity index is 2.03. The molecule has 0 bridgehead atoms. The van der Waals surface area contributed by atoms with Crippen molar-refractivity contribution < 1.29 is 9.53 Å². The Morgan fingerprint density at radius 3 is 2.81 bits per heavy atom. The molecule has 0 saturated heterocycles. The normalized spacial score (nSPS) is 12.3. The number of Topliss-reactive ketones (excluding diaryl/α,β-unsaturated/α-hetero) is 1. The van der Waals surface area contributed by atoms with Crippen LogP contribution in [0.1, 0.15) is 17.3 Å². The van der Waals surface area contributed by atoms with Crippen molar-refractivity contribution in [2.24, 2.45) is 0 Å². The number of carbonyl (C=O) groups is 1. The lowest BCUT2D eigenvalue weighted by atomic mass is 10.1. The Hall–Kier alpha value is -1.18. The molecule has 112 valence electrons. The highest BCUT2D eigenvalue weighted by Gasteiger charge is 2.19. The summed E-state index contributed by atoms with van der Waals surface area (Å²) in [5.74, 6) is 0.0776. The molecule has 0 fully saturated rings. The van der Waals surface area contributed by atoms with Gasteiger partial charge in [0.25, 0.3) is 0 Å². The molecule has 1 atom stereocenters.